The summed E-state index contributed by atoms with van der Waals surface area (Å²) in [4.78, 5) is 14.5. The number of hydrogen-bond acceptors (Lipinski definition) is 4. The van der Waals surface area contributed by atoms with Crippen LogP contribution in [-0.2, 0) is 9.53 Å². The number of amides is 1. The van der Waals surface area contributed by atoms with Gasteiger partial charge in [0.1, 0.15) is 0 Å². The quantitative estimate of drug-likeness (QED) is 0.746. The van der Waals surface area contributed by atoms with Gasteiger partial charge in [0.25, 0.3) is 0 Å². The molecule has 2 heterocycles. The molecule has 1 atom stereocenters. The molecule has 2 fully saturated rings. The molecular formula is C17H33N3O2. The van der Waals surface area contributed by atoms with Gasteiger partial charge in [-0.3, -0.25) is 9.69 Å². The van der Waals surface area contributed by atoms with E-state index in [2.05, 4.69) is 29.4 Å². The summed E-state index contributed by atoms with van der Waals surface area (Å²) in [5, 5.41) is 6.49. The van der Waals surface area contributed by atoms with Gasteiger partial charge in [-0.2, -0.15) is 0 Å². The maximum Gasteiger partial charge on any atom is 0.220 e. The molecule has 2 aliphatic rings. The topological polar surface area (TPSA) is 53.6 Å². The first-order valence-corrected chi connectivity index (χ1v) is 8.76. The van der Waals surface area contributed by atoms with E-state index in [4.69, 9.17) is 4.74 Å². The highest BCUT2D eigenvalue weighted by Crippen LogP contribution is 2.21. The number of methoxy groups -OCH3 is 1. The number of likely N-dealkylation sites (tertiary alicyclic amines) is 1. The predicted molar refractivity (Wildman–Crippen MR) is 88.9 cm³/mol. The van der Waals surface area contributed by atoms with Crippen LogP contribution < -0.4 is 10.6 Å². The van der Waals surface area contributed by atoms with Crippen molar-refractivity contribution in [3.63, 3.8) is 0 Å². The Morgan fingerprint density at radius 1 is 1.32 bits per heavy atom. The van der Waals surface area contributed by atoms with E-state index in [1.165, 1.54) is 6.42 Å². The smallest absolute Gasteiger partial charge is 0.220 e. The highest BCUT2D eigenvalue weighted by Gasteiger charge is 2.31. The van der Waals surface area contributed by atoms with Gasteiger partial charge in [0.15, 0.2) is 0 Å². The van der Waals surface area contributed by atoms with Crippen LogP contribution in [0, 0.1) is 5.92 Å². The average molecular weight is 311 g/mol. The van der Waals surface area contributed by atoms with Crippen molar-refractivity contribution in [2.45, 2.75) is 57.6 Å². The van der Waals surface area contributed by atoms with Crippen molar-refractivity contribution in [3.05, 3.63) is 0 Å². The molecular weight excluding hydrogens is 278 g/mol. The van der Waals surface area contributed by atoms with E-state index >= 15 is 0 Å². The molecule has 128 valence electrons. The lowest BCUT2D eigenvalue weighted by atomic mass is 9.97. The molecule has 0 aromatic carbocycles. The Bertz CT molecular complexity index is 346. The fourth-order valence-corrected chi connectivity index (χ4v) is 3.51. The number of rotatable bonds is 7. The van der Waals surface area contributed by atoms with Gasteiger partial charge >= 0.3 is 0 Å². The van der Waals surface area contributed by atoms with Crippen LogP contribution in [0.15, 0.2) is 0 Å². The summed E-state index contributed by atoms with van der Waals surface area (Å²) in [7, 11) is 1.80. The summed E-state index contributed by atoms with van der Waals surface area (Å²) in [6, 6.07) is 0. The van der Waals surface area contributed by atoms with Crippen LogP contribution in [0.3, 0.4) is 0 Å². The highest BCUT2D eigenvalue weighted by atomic mass is 16.5. The molecule has 0 aromatic rings. The molecule has 5 nitrogen and oxygen atoms in total. The lowest BCUT2D eigenvalue weighted by Crippen LogP contribution is -2.54. The molecule has 2 saturated heterocycles. The minimum atomic E-state index is 0.0171. The van der Waals surface area contributed by atoms with Crippen LogP contribution in [0.4, 0.5) is 0 Å². The van der Waals surface area contributed by atoms with Crippen LogP contribution in [0.2, 0.25) is 0 Å². The third kappa shape index (κ3) is 5.21. The number of nitrogens with one attached hydrogen (secondary N) is 2. The zero-order valence-electron chi connectivity index (χ0n) is 14.5. The van der Waals surface area contributed by atoms with Gasteiger partial charge in [-0.15, -0.1) is 0 Å². The number of carbonyl (C=O) groups is 1. The van der Waals surface area contributed by atoms with Crippen molar-refractivity contribution in [1.29, 1.82) is 0 Å². The SMILES string of the molecule is COC1CCN(C(C)(C)CNC(=O)CCC2CCNC2)CC1. The van der Waals surface area contributed by atoms with Crippen molar-refractivity contribution in [2.24, 2.45) is 5.92 Å². The van der Waals surface area contributed by atoms with Gasteiger partial charge in [-0.25, -0.2) is 0 Å². The standard InChI is InChI=1S/C17H33N3O2/c1-17(2,20-10-7-15(22-3)8-11-20)13-19-16(21)5-4-14-6-9-18-12-14/h14-15,18H,4-13H2,1-3H3,(H,19,21). The first-order valence-electron chi connectivity index (χ1n) is 8.76. The molecule has 1 amide bonds. The van der Waals surface area contributed by atoms with Crippen molar-refractivity contribution < 1.29 is 9.53 Å². The molecule has 0 aromatic heterocycles. The van der Waals surface area contributed by atoms with E-state index < -0.39 is 0 Å². The number of carbonyl (C=O) groups excluding carboxylic acids is 1. The summed E-state index contributed by atoms with van der Waals surface area (Å²) in [5.41, 5.74) is 0.0171. The molecule has 0 saturated carbocycles. The largest absolute Gasteiger partial charge is 0.381 e. The Hall–Kier alpha value is -0.650. The monoisotopic (exact) mass is 311 g/mol. The number of nitrogens with zero attached hydrogens (tertiary/aromatic N) is 1. The second kappa shape index (κ2) is 8.27. The highest BCUT2D eigenvalue weighted by molar-refractivity contribution is 5.75. The van der Waals surface area contributed by atoms with Gasteiger partial charge < -0.3 is 15.4 Å². The molecule has 0 spiro atoms. The molecule has 1 unspecified atom stereocenters. The van der Waals surface area contributed by atoms with Gasteiger partial charge in [0, 0.05) is 38.7 Å². The summed E-state index contributed by atoms with van der Waals surface area (Å²) in [6.45, 7) is 9.46. The molecule has 5 heteroatoms. The van der Waals surface area contributed by atoms with E-state index in [0.29, 0.717) is 18.4 Å². The molecule has 2 rings (SSSR count). The minimum absolute atomic E-state index is 0.0171. The predicted octanol–water partition coefficient (Wildman–Crippen LogP) is 1.38. The average Bonchev–Trinajstić information content (AvgIpc) is 3.04. The Morgan fingerprint density at radius 3 is 2.64 bits per heavy atom. The van der Waals surface area contributed by atoms with E-state index in [1.807, 2.05) is 0 Å². The maximum atomic E-state index is 12.1. The van der Waals surface area contributed by atoms with E-state index in [0.717, 1.165) is 52.0 Å². The number of piperidine rings is 1. The van der Waals surface area contributed by atoms with Gasteiger partial charge in [0.05, 0.1) is 6.10 Å². The van der Waals surface area contributed by atoms with Crippen LogP contribution >= 0.6 is 0 Å². The summed E-state index contributed by atoms with van der Waals surface area (Å²) < 4.78 is 5.43. The van der Waals surface area contributed by atoms with E-state index in [9.17, 15) is 4.79 Å². The molecule has 0 radical (unpaired) electrons. The second-order valence-corrected chi connectivity index (χ2v) is 7.41. The summed E-state index contributed by atoms with van der Waals surface area (Å²) in [6.07, 6.45) is 5.46. The van der Waals surface area contributed by atoms with Crippen molar-refractivity contribution >= 4 is 5.91 Å². The van der Waals surface area contributed by atoms with Crippen molar-refractivity contribution in [1.82, 2.24) is 15.5 Å². The van der Waals surface area contributed by atoms with E-state index in [-0.39, 0.29) is 11.4 Å². The fraction of sp³-hybridized carbons (Fsp3) is 0.941. The first-order chi connectivity index (χ1) is 10.5. The summed E-state index contributed by atoms with van der Waals surface area (Å²) in [5.74, 6) is 0.888. The van der Waals surface area contributed by atoms with Crippen LogP contribution in [0.25, 0.3) is 0 Å². The zero-order valence-corrected chi connectivity index (χ0v) is 14.5. The van der Waals surface area contributed by atoms with Crippen LogP contribution in [-0.4, -0.2) is 62.3 Å². The third-order valence-electron chi connectivity index (χ3n) is 5.29. The first kappa shape index (κ1) is 17.7. The number of ether oxygens (including phenoxy) is 1. The van der Waals surface area contributed by atoms with Gasteiger partial charge in [0.2, 0.25) is 5.91 Å². The third-order valence-corrected chi connectivity index (χ3v) is 5.29. The van der Waals surface area contributed by atoms with Crippen LogP contribution in [0.1, 0.15) is 46.0 Å². The zero-order chi connectivity index (χ0) is 16.0. The normalized spacial score (nSPS) is 24.6. The fourth-order valence-electron chi connectivity index (χ4n) is 3.51. The van der Waals surface area contributed by atoms with E-state index in [1.54, 1.807) is 7.11 Å². The van der Waals surface area contributed by atoms with Gasteiger partial charge in [-0.05, 0) is 58.5 Å². The Morgan fingerprint density at radius 2 is 2.05 bits per heavy atom. The summed E-state index contributed by atoms with van der Waals surface area (Å²) >= 11 is 0. The Balaban J connectivity index is 1.66. The van der Waals surface area contributed by atoms with Crippen molar-refractivity contribution in [3.8, 4) is 0 Å². The Labute approximate surface area is 135 Å². The molecule has 2 aliphatic heterocycles. The molecule has 22 heavy (non-hydrogen) atoms. The maximum absolute atomic E-state index is 12.1. The second-order valence-electron chi connectivity index (χ2n) is 7.41. The molecule has 0 bridgehead atoms. The van der Waals surface area contributed by atoms with Crippen molar-refractivity contribution in [2.75, 3.05) is 39.8 Å². The minimum Gasteiger partial charge on any atom is -0.381 e. The van der Waals surface area contributed by atoms with Crippen LogP contribution in [0.5, 0.6) is 0 Å². The molecule has 2 N–H and O–H groups in total. The lowest BCUT2D eigenvalue weighted by molar-refractivity contribution is -0.122. The molecule has 0 aliphatic carbocycles. The van der Waals surface area contributed by atoms with Gasteiger partial charge in [-0.1, -0.05) is 0 Å². The Kier molecular flexibility index (Phi) is 6.66. The lowest BCUT2D eigenvalue weighted by Gasteiger charge is -2.42. The number of hydrogen-bond donors (Lipinski definition) is 2.